The van der Waals surface area contributed by atoms with Gasteiger partial charge in [-0.3, -0.25) is 5.43 Å². The van der Waals surface area contributed by atoms with Crippen molar-refractivity contribution in [3.8, 4) is 0 Å². The van der Waals surface area contributed by atoms with Crippen molar-refractivity contribution in [2.75, 3.05) is 11.7 Å². The number of halogens is 2. The van der Waals surface area contributed by atoms with Gasteiger partial charge >= 0.3 is 0 Å². The molecule has 0 fully saturated rings. The highest BCUT2D eigenvalue weighted by atomic mass is 32.2. The van der Waals surface area contributed by atoms with E-state index in [1.807, 2.05) is 0 Å². The van der Waals surface area contributed by atoms with Crippen molar-refractivity contribution < 1.29 is 17.2 Å². The van der Waals surface area contributed by atoms with Crippen LogP contribution in [0.15, 0.2) is 52.5 Å². The van der Waals surface area contributed by atoms with Crippen LogP contribution in [0.1, 0.15) is 12.5 Å². The van der Waals surface area contributed by atoms with Crippen LogP contribution in [0.2, 0.25) is 0 Å². The smallest absolute Gasteiger partial charge is 0.175 e. The third kappa shape index (κ3) is 3.88. The van der Waals surface area contributed by atoms with E-state index >= 15 is 0 Å². The predicted octanol–water partition coefficient (Wildman–Crippen LogP) is 3.20. The lowest BCUT2D eigenvalue weighted by Gasteiger charge is -2.05. The van der Waals surface area contributed by atoms with Crippen LogP contribution in [0.25, 0.3) is 0 Å². The van der Waals surface area contributed by atoms with Crippen molar-refractivity contribution in [3.63, 3.8) is 0 Å². The number of hydrogen-bond acceptors (Lipinski definition) is 4. The number of sulfone groups is 1. The summed E-state index contributed by atoms with van der Waals surface area (Å²) in [5.41, 5.74) is 3.77. The monoisotopic (exact) mass is 324 g/mol. The highest BCUT2D eigenvalue weighted by molar-refractivity contribution is 7.90. The summed E-state index contributed by atoms with van der Waals surface area (Å²) in [5, 5.41) is 4.00. The molecule has 0 unspecified atom stereocenters. The van der Waals surface area contributed by atoms with Crippen molar-refractivity contribution >= 4 is 21.2 Å². The third-order valence-electron chi connectivity index (χ3n) is 2.98. The second kappa shape index (κ2) is 6.23. The molecule has 2 rings (SSSR count). The molecular weight excluding hydrogens is 310 g/mol. The van der Waals surface area contributed by atoms with E-state index in [4.69, 9.17) is 0 Å². The zero-order valence-corrected chi connectivity index (χ0v) is 12.8. The van der Waals surface area contributed by atoms with E-state index < -0.39 is 21.5 Å². The van der Waals surface area contributed by atoms with Gasteiger partial charge in [0.25, 0.3) is 0 Å². The molecule has 0 bridgehead atoms. The molecule has 0 radical (unpaired) electrons. The lowest BCUT2D eigenvalue weighted by Crippen LogP contribution is -2.02. The topological polar surface area (TPSA) is 58.5 Å². The summed E-state index contributed by atoms with van der Waals surface area (Å²) in [6.07, 6.45) is 1.13. The van der Waals surface area contributed by atoms with E-state index in [9.17, 15) is 17.2 Å². The number of rotatable bonds is 4. The van der Waals surface area contributed by atoms with Crippen molar-refractivity contribution in [2.45, 2.75) is 11.8 Å². The molecule has 22 heavy (non-hydrogen) atoms. The Morgan fingerprint density at radius 1 is 1.09 bits per heavy atom. The molecule has 116 valence electrons. The van der Waals surface area contributed by atoms with Gasteiger partial charge in [0.15, 0.2) is 15.7 Å². The van der Waals surface area contributed by atoms with Gasteiger partial charge in [0, 0.05) is 12.3 Å². The van der Waals surface area contributed by atoms with Crippen LogP contribution in [0.5, 0.6) is 0 Å². The van der Waals surface area contributed by atoms with Crippen molar-refractivity contribution in [1.29, 1.82) is 0 Å². The maximum Gasteiger partial charge on any atom is 0.175 e. The predicted molar refractivity (Wildman–Crippen MR) is 81.7 cm³/mol. The second-order valence-corrected chi connectivity index (χ2v) is 6.75. The summed E-state index contributed by atoms with van der Waals surface area (Å²) >= 11 is 0. The van der Waals surface area contributed by atoms with Crippen LogP contribution in [0.4, 0.5) is 14.5 Å². The Kier molecular flexibility index (Phi) is 4.56. The molecule has 0 heterocycles. The summed E-state index contributed by atoms with van der Waals surface area (Å²) in [4.78, 5) is 0.210. The Hall–Kier alpha value is -2.28. The molecule has 0 saturated carbocycles. The minimum atomic E-state index is -3.25. The maximum atomic E-state index is 13.4. The van der Waals surface area contributed by atoms with Crippen LogP contribution in [0.3, 0.4) is 0 Å². The zero-order valence-electron chi connectivity index (χ0n) is 12.0. The molecule has 7 heteroatoms. The van der Waals surface area contributed by atoms with Gasteiger partial charge in [-0.2, -0.15) is 5.10 Å². The molecule has 2 aromatic carbocycles. The van der Waals surface area contributed by atoms with Crippen molar-refractivity contribution in [1.82, 2.24) is 0 Å². The third-order valence-corrected chi connectivity index (χ3v) is 4.10. The summed E-state index contributed by atoms with van der Waals surface area (Å²) in [6.45, 7) is 1.68. The summed E-state index contributed by atoms with van der Waals surface area (Å²) in [7, 11) is -3.25. The fraction of sp³-hybridized carbons (Fsp3) is 0.133. The van der Waals surface area contributed by atoms with Gasteiger partial charge in [0.05, 0.1) is 16.3 Å². The molecular formula is C15H14F2N2O2S. The Labute approximate surface area is 127 Å². The molecule has 0 amide bonds. The van der Waals surface area contributed by atoms with Gasteiger partial charge in [-0.05, 0) is 36.8 Å². The molecule has 0 spiro atoms. The number of hydrogen-bond donors (Lipinski definition) is 1. The SMILES string of the molecule is C/C(=N/Nc1ccc(F)cc1F)c1ccc(S(C)(=O)=O)cc1. The Morgan fingerprint density at radius 3 is 2.27 bits per heavy atom. The average Bonchev–Trinajstić information content (AvgIpc) is 2.45. The fourth-order valence-electron chi connectivity index (χ4n) is 1.73. The first-order valence-electron chi connectivity index (χ1n) is 6.33. The van der Waals surface area contributed by atoms with E-state index in [0.29, 0.717) is 11.3 Å². The molecule has 4 nitrogen and oxygen atoms in total. The maximum absolute atomic E-state index is 13.4. The van der Waals surface area contributed by atoms with Crippen LogP contribution in [-0.4, -0.2) is 20.4 Å². The Bertz CT molecular complexity index is 816. The summed E-state index contributed by atoms with van der Waals surface area (Å²) < 4.78 is 49.0. The quantitative estimate of drug-likeness (QED) is 0.694. The molecule has 0 atom stereocenters. The Balaban J connectivity index is 2.18. The van der Waals surface area contributed by atoms with Gasteiger partial charge in [0.1, 0.15) is 5.82 Å². The van der Waals surface area contributed by atoms with Crippen LogP contribution >= 0.6 is 0 Å². The number of anilines is 1. The van der Waals surface area contributed by atoms with Gasteiger partial charge in [0.2, 0.25) is 0 Å². The van der Waals surface area contributed by atoms with Crippen LogP contribution < -0.4 is 5.43 Å². The van der Waals surface area contributed by atoms with Gasteiger partial charge in [-0.25, -0.2) is 17.2 Å². The molecule has 1 N–H and O–H groups in total. The molecule has 0 aliphatic rings. The van der Waals surface area contributed by atoms with Crippen LogP contribution in [0, 0.1) is 11.6 Å². The summed E-state index contributed by atoms with van der Waals surface area (Å²) in [6, 6.07) is 9.29. The summed E-state index contributed by atoms with van der Waals surface area (Å²) in [5.74, 6) is -1.41. The minimum Gasteiger partial charge on any atom is -0.275 e. The number of benzene rings is 2. The van der Waals surface area contributed by atoms with E-state index in [2.05, 4.69) is 10.5 Å². The molecule has 0 aromatic heterocycles. The van der Waals surface area contributed by atoms with Crippen molar-refractivity contribution in [2.24, 2.45) is 5.10 Å². The number of hydrazone groups is 1. The van der Waals surface area contributed by atoms with Gasteiger partial charge < -0.3 is 0 Å². The van der Waals surface area contributed by atoms with Crippen molar-refractivity contribution in [3.05, 3.63) is 59.7 Å². The van der Waals surface area contributed by atoms with E-state index in [0.717, 1.165) is 18.4 Å². The highest BCUT2D eigenvalue weighted by Crippen LogP contribution is 2.16. The average molecular weight is 324 g/mol. The van der Waals surface area contributed by atoms with Gasteiger partial charge in [-0.1, -0.05) is 12.1 Å². The first kappa shape index (κ1) is 16.1. The first-order valence-corrected chi connectivity index (χ1v) is 8.22. The molecule has 0 saturated heterocycles. The van der Waals surface area contributed by atoms with Crippen LogP contribution in [-0.2, 0) is 9.84 Å². The number of nitrogens with zero attached hydrogens (tertiary/aromatic N) is 1. The molecule has 0 aliphatic carbocycles. The lowest BCUT2D eigenvalue weighted by molar-refractivity contribution is 0.585. The zero-order chi connectivity index (χ0) is 16.3. The second-order valence-electron chi connectivity index (χ2n) is 4.73. The lowest BCUT2D eigenvalue weighted by atomic mass is 10.1. The molecule has 0 aliphatic heterocycles. The van der Waals surface area contributed by atoms with E-state index in [-0.39, 0.29) is 10.6 Å². The standard InChI is InChI=1S/C15H14F2N2O2S/c1-10(11-3-6-13(7-4-11)22(2,20)21)18-19-15-8-5-12(16)9-14(15)17/h3-9,19H,1-2H3/b18-10-. The van der Waals surface area contributed by atoms with Gasteiger partial charge in [-0.15, -0.1) is 0 Å². The first-order chi connectivity index (χ1) is 10.3. The normalized spacial score (nSPS) is 12.3. The molecule has 2 aromatic rings. The number of nitrogens with one attached hydrogen (secondary N) is 1. The fourth-order valence-corrected chi connectivity index (χ4v) is 2.36. The Morgan fingerprint density at radius 2 is 1.73 bits per heavy atom. The minimum absolute atomic E-state index is 0.0495. The highest BCUT2D eigenvalue weighted by Gasteiger charge is 2.07. The van der Waals surface area contributed by atoms with E-state index in [1.165, 1.54) is 18.2 Å². The largest absolute Gasteiger partial charge is 0.275 e. The van der Waals surface area contributed by atoms with E-state index in [1.54, 1.807) is 19.1 Å².